The Morgan fingerprint density at radius 3 is 2.82 bits per heavy atom. The van der Waals surface area contributed by atoms with Crippen LogP contribution >= 0.6 is 0 Å². The number of hydrogen-bond acceptors (Lipinski definition) is 3. The molecule has 1 aliphatic rings. The number of imidazole rings is 1. The second kappa shape index (κ2) is 5.52. The summed E-state index contributed by atoms with van der Waals surface area (Å²) in [7, 11) is 0. The molecule has 4 heteroatoms. The summed E-state index contributed by atoms with van der Waals surface area (Å²) in [5.41, 5.74) is 4.18. The molecule has 22 heavy (non-hydrogen) atoms. The molecule has 3 heterocycles. The summed E-state index contributed by atoms with van der Waals surface area (Å²) in [6.45, 7) is 2.12. The van der Waals surface area contributed by atoms with Crippen LogP contribution in [0.25, 0.3) is 16.9 Å². The van der Waals surface area contributed by atoms with Crippen molar-refractivity contribution in [3.05, 3.63) is 42.5 Å². The van der Waals surface area contributed by atoms with Gasteiger partial charge in [-0.2, -0.15) is 0 Å². The highest BCUT2D eigenvalue weighted by Crippen LogP contribution is 2.32. The average molecular weight is 295 g/mol. The van der Waals surface area contributed by atoms with E-state index < -0.39 is 0 Å². The highest BCUT2D eigenvalue weighted by Gasteiger charge is 2.20. The molecule has 3 aromatic heterocycles. The summed E-state index contributed by atoms with van der Waals surface area (Å²) in [6.07, 6.45) is 9.94. The van der Waals surface area contributed by atoms with Crippen molar-refractivity contribution < 1.29 is 4.42 Å². The minimum absolute atomic E-state index is 0.541. The number of hydrogen-bond donors (Lipinski definition) is 1. The molecule has 0 atom stereocenters. The van der Waals surface area contributed by atoms with Gasteiger partial charge in [-0.3, -0.25) is 4.40 Å². The van der Waals surface area contributed by atoms with Crippen molar-refractivity contribution in [1.82, 2.24) is 9.38 Å². The van der Waals surface area contributed by atoms with Crippen LogP contribution in [0.5, 0.6) is 0 Å². The van der Waals surface area contributed by atoms with Gasteiger partial charge >= 0.3 is 0 Å². The highest BCUT2D eigenvalue weighted by atomic mass is 16.3. The number of aryl methyl sites for hydroxylation is 1. The quantitative estimate of drug-likeness (QED) is 0.765. The Morgan fingerprint density at radius 1 is 1.18 bits per heavy atom. The number of pyridine rings is 1. The summed E-state index contributed by atoms with van der Waals surface area (Å²) in [5, 5.41) is 3.76. The zero-order chi connectivity index (χ0) is 14.9. The average Bonchev–Trinajstić information content (AvgIpc) is 3.17. The van der Waals surface area contributed by atoms with E-state index in [4.69, 9.17) is 9.40 Å². The number of anilines is 1. The van der Waals surface area contributed by atoms with Gasteiger partial charge in [-0.15, -0.1) is 0 Å². The fourth-order valence-electron chi connectivity index (χ4n) is 3.43. The largest absolute Gasteiger partial charge is 0.472 e. The third-order valence-electron chi connectivity index (χ3n) is 4.58. The van der Waals surface area contributed by atoms with Gasteiger partial charge in [0, 0.05) is 17.3 Å². The fourth-order valence-corrected chi connectivity index (χ4v) is 3.43. The van der Waals surface area contributed by atoms with Gasteiger partial charge in [0.1, 0.15) is 17.2 Å². The summed E-state index contributed by atoms with van der Waals surface area (Å²) < 4.78 is 7.48. The molecule has 0 bridgehead atoms. The van der Waals surface area contributed by atoms with Crippen LogP contribution < -0.4 is 5.32 Å². The first-order valence-corrected chi connectivity index (χ1v) is 8.10. The Hall–Kier alpha value is -2.23. The Labute approximate surface area is 130 Å². The zero-order valence-electron chi connectivity index (χ0n) is 12.9. The molecule has 1 N–H and O–H groups in total. The van der Waals surface area contributed by atoms with Crippen LogP contribution in [0.2, 0.25) is 0 Å². The molecule has 0 radical (unpaired) electrons. The van der Waals surface area contributed by atoms with Gasteiger partial charge in [-0.1, -0.05) is 25.3 Å². The van der Waals surface area contributed by atoms with E-state index in [9.17, 15) is 0 Å². The number of fused-ring (bicyclic) bond motifs is 1. The maximum Gasteiger partial charge on any atom is 0.139 e. The number of nitrogens with one attached hydrogen (secondary N) is 1. The third kappa shape index (κ3) is 2.28. The standard InChI is InChI=1S/C18H21N3O/c1-13-6-5-9-16-20-17(14-10-11-22-12-14)18(21(13)16)19-15-7-3-2-4-8-15/h5-6,9-12,15,19H,2-4,7-8H2,1H3. The van der Waals surface area contributed by atoms with E-state index in [2.05, 4.69) is 34.8 Å². The lowest BCUT2D eigenvalue weighted by atomic mass is 9.95. The molecule has 4 rings (SSSR count). The maximum absolute atomic E-state index is 5.26. The van der Waals surface area contributed by atoms with Crippen LogP contribution in [-0.4, -0.2) is 15.4 Å². The van der Waals surface area contributed by atoms with Gasteiger partial charge in [0.25, 0.3) is 0 Å². The summed E-state index contributed by atoms with van der Waals surface area (Å²) in [6, 6.07) is 8.76. The van der Waals surface area contributed by atoms with Crippen LogP contribution in [0.1, 0.15) is 37.8 Å². The van der Waals surface area contributed by atoms with Crippen molar-refractivity contribution in [2.24, 2.45) is 0 Å². The summed E-state index contributed by atoms with van der Waals surface area (Å²) in [4.78, 5) is 4.82. The van der Waals surface area contributed by atoms with Gasteiger partial charge in [0.05, 0.1) is 12.5 Å². The Bertz CT molecular complexity index is 767. The normalized spacial score (nSPS) is 16.2. The van der Waals surface area contributed by atoms with Crippen molar-refractivity contribution in [2.75, 3.05) is 5.32 Å². The Morgan fingerprint density at radius 2 is 2.05 bits per heavy atom. The van der Waals surface area contributed by atoms with E-state index in [1.165, 1.54) is 37.8 Å². The lowest BCUT2D eigenvalue weighted by Crippen LogP contribution is -2.23. The third-order valence-corrected chi connectivity index (χ3v) is 4.58. The molecular weight excluding hydrogens is 274 g/mol. The van der Waals surface area contributed by atoms with Crippen molar-refractivity contribution in [3.8, 4) is 11.3 Å². The molecule has 0 spiro atoms. The summed E-state index contributed by atoms with van der Waals surface area (Å²) in [5.74, 6) is 1.10. The minimum Gasteiger partial charge on any atom is -0.472 e. The van der Waals surface area contributed by atoms with Gasteiger partial charge in [-0.05, 0) is 38.0 Å². The van der Waals surface area contributed by atoms with Gasteiger partial charge in [-0.25, -0.2) is 4.98 Å². The van der Waals surface area contributed by atoms with Gasteiger partial charge in [0.15, 0.2) is 0 Å². The fraction of sp³-hybridized carbons (Fsp3) is 0.389. The predicted octanol–water partition coefficient (Wildman–Crippen LogP) is 4.65. The minimum atomic E-state index is 0.541. The lowest BCUT2D eigenvalue weighted by Gasteiger charge is -2.24. The van der Waals surface area contributed by atoms with E-state index in [1.807, 2.05) is 6.07 Å². The monoisotopic (exact) mass is 295 g/mol. The van der Waals surface area contributed by atoms with Crippen LogP contribution in [0.3, 0.4) is 0 Å². The number of aromatic nitrogens is 2. The van der Waals surface area contributed by atoms with Crippen molar-refractivity contribution in [1.29, 1.82) is 0 Å². The van der Waals surface area contributed by atoms with E-state index in [0.717, 1.165) is 22.7 Å². The van der Waals surface area contributed by atoms with Gasteiger partial charge < -0.3 is 9.73 Å². The topological polar surface area (TPSA) is 42.5 Å². The molecule has 0 aromatic carbocycles. The van der Waals surface area contributed by atoms with Crippen LogP contribution in [0.4, 0.5) is 5.82 Å². The molecule has 114 valence electrons. The molecular formula is C18H21N3O. The molecule has 0 unspecified atom stereocenters. The first-order chi connectivity index (χ1) is 10.8. The predicted molar refractivity (Wildman–Crippen MR) is 88.1 cm³/mol. The zero-order valence-corrected chi connectivity index (χ0v) is 12.9. The molecule has 1 saturated carbocycles. The number of furan rings is 1. The summed E-state index contributed by atoms with van der Waals surface area (Å²) >= 11 is 0. The molecule has 4 nitrogen and oxygen atoms in total. The Kier molecular flexibility index (Phi) is 3.37. The van der Waals surface area contributed by atoms with Crippen molar-refractivity contribution in [3.63, 3.8) is 0 Å². The van der Waals surface area contributed by atoms with E-state index in [-0.39, 0.29) is 0 Å². The SMILES string of the molecule is Cc1cccc2nc(-c3ccoc3)c(NC3CCCCC3)n12. The molecule has 0 aliphatic heterocycles. The first-order valence-electron chi connectivity index (χ1n) is 8.10. The molecule has 0 amide bonds. The van der Waals surface area contributed by atoms with E-state index in [0.29, 0.717) is 6.04 Å². The molecule has 1 fully saturated rings. The smallest absolute Gasteiger partial charge is 0.139 e. The Balaban J connectivity index is 1.83. The van der Waals surface area contributed by atoms with Gasteiger partial charge in [0.2, 0.25) is 0 Å². The van der Waals surface area contributed by atoms with E-state index in [1.54, 1.807) is 12.5 Å². The van der Waals surface area contributed by atoms with Crippen LogP contribution in [-0.2, 0) is 0 Å². The van der Waals surface area contributed by atoms with Crippen LogP contribution in [0, 0.1) is 6.92 Å². The molecule has 3 aromatic rings. The first kappa shape index (κ1) is 13.4. The van der Waals surface area contributed by atoms with Crippen LogP contribution in [0.15, 0.2) is 41.2 Å². The van der Waals surface area contributed by atoms with Crippen molar-refractivity contribution >= 4 is 11.5 Å². The maximum atomic E-state index is 5.26. The van der Waals surface area contributed by atoms with E-state index >= 15 is 0 Å². The number of nitrogens with zero attached hydrogens (tertiary/aromatic N) is 2. The number of rotatable bonds is 3. The lowest BCUT2D eigenvalue weighted by molar-refractivity contribution is 0.461. The molecule has 1 aliphatic carbocycles. The second-order valence-corrected chi connectivity index (χ2v) is 6.16. The second-order valence-electron chi connectivity index (χ2n) is 6.16. The highest BCUT2D eigenvalue weighted by molar-refractivity contribution is 5.76. The van der Waals surface area contributed by atoms with Crippen molar-refractivity contribution in [2.45, 2.75) is 45.1 Å². The molecule has 0 saturated heterocycles.